The Kier molecular flexibility index (Phi) is 4.73. The molecule has 6 nitrogen and oxygen atoms in total. The van der Waals surface area contributed by atoms with Crippen molar-refractivity contribution in [1.82, 2.24) is 24.1 Å². The van der Waals surface area contributed by atoms with Crippen molar-refractivity contribution in [3.8, 4) is 11.1 Å². The largest absolute Gasteiger partial charge is 0.433 e. The third-order valence-corrected chi connectivity index (χ3v) is 4.77. The van der Waals surface area contributed by atoms with E-state index in [-0.39, 0.29) is 11.2 Å². The number of fused-ring (bicyclic) bond motifs is 1. The number of H-pyrrole nitrogens is 1. The molecule has 4 rings (SSSR count). The van der Waals surface area contributed by atoms with Gasteiger partial charge in [0, 0.05) is 30.7 Å². The summed E-state index contributed by atoms with van der Waals surface area (Å²) < 4.78 is 43.7. The summed E-state index contributed by atoms with van der Waals surface area (Å²) in [6.45, 7) is 2.57. The van der Waals surface area contributed by atoms with Gasteiger partial charge in [-0.2, -0.15) is 13.2 Å². The van der Waals surface area contributed by atoms with Crippen LogP contribution in [0.5, 0.6) is 0 Å². The molecule has 0 aliphatic carbocycles. The first-order valence-electron chi connectivity index (χ1n) is 9.09. The molecule has 9 heteroatoms. The van der Waals surface area contributed by atoms with Crippen LogP contribution in [0.4, 0.5) is 13.2 Å². The summed E-state index contributed by atoms with van der Waals surface area (Å²) >= 11 is 0. The number of halogens is 3. The van der Waals surface area contributed by atoms with Gasteiger partial charge in [0.25, 0.3) is 5.56 Å². The summed E-state index contributed by atoms with van der Waals surface area (Å²) in [5.74, 6) is 0.875. The van der Waals surface area contributed by atoms with Crippen LogP contribution in [0.25, 0.3) is 16.8 Å². The van der Waals surface area contributed by atoms with Gasteiger partial charge in [-0.3, -0.25) is 9.89 Å². The van der Waals surface area contributed by atoms with Gasteiger partial charge in [-0.15, -0.1) is 0 Å². The van der Waals surface area contributed by atoms with Gasteiger partial charge in [-0.1, -0.05) is 30.3 Å². The average Bonchev–Trinajstić information content (AvgIpc) is 3.26. The lowest BCUT2D eigenvalue weighted by Gasteiger charge is -2.07. The van der Waals surface area contributed by atoms with Crippen molar-refractivity contribution < 1.29 is 13.2 Å². The van der Waals surface area contributed by atoms with E-state index in [0.29, 0.717) is 30.6 Å². The number of aromatic amines is 1. The molecule has 1 aromatic carbocycles. The summed E-state index contributed by atoms with van der Waals surface area (Å²) in [4.78, 5) is 21.0. The lowest BCUT2D eigenvalue weighted by molar-refractivity contribution is -0.140. The molecule has 3 aromatic heterocycles. The molecule has 0 saturated heterocycles. The van der Waals surface area contributed by atoms with Crippen molar-refractivity contribution in [3.05, 3.63) is 76.4 Å². The molecular weight excluding hydrogens is 383 g/mol. The lowest BCUT2D eigenvalue weighted by Crippen LogP contribution is -2.16. The maximum absolute atomic E-state index is 13.6. The van der Waals surface area contributed by atoms with Crippen LogP contribution >= 0.6 is 0 Å². The van der Waals surface area contributed by atoms with Gasteiger partial charge in [-0.25, -0.2) is 14.5 Å². The van der Waals surface area contributed by atoms with E-state index in [0.717, 1.165) is 10.3 Å². The number of imidazole rings is 1. The van der Waals surface area contributed by atoms with E-state index >= 15 is 0 Å². The Morgan fingerprint density at radius 3 is 2.59 bits per heavy atom. The van der Waals surface area contributed by atoms with Crippen LogP contribution in [-0.2, 0) is 19.1 Å². The zero-order valence-corrected chi connectivity index (χ0v) is 15.6. The first-order chi connectivity index (χ1) is 13.8. The quantitative estimate of drug-likeness (QED) is 0.552. The normalized spacial score (nSPS) is 12.0. The minimum absolute atomic E-state index is 0.0233. The Bertz CT molecular complexity index is 1200. The van der Waals surface area contributed by atoms with E-state index in [1.54, 1.807) is 36.5 Å². The molecule has 0 fully saturated rings. The third-order valence-electron chi connectivity index (χ3n) is 4.77. The van der Waals surface area contributed by atoms with E-state index in [2.05, 4.69) is 15.1 Å². The number of aryl methyl sites for hydroxylation is 3. The van der Waals surface area contributed by atoms with Crippen LogP contribution in [0.15, 0.2) is 53.6 Å². The van der Waals surface area contributed by atoms with Crippen molar-refractivity contribution in [3.63, 3.8) is 0 Å². The standard InChI is InChI=1S/C20H18F3N5O/c1-13-24-9-11-27(13)10-5-8-15-12-16(29)28-19(25-15)17(14-6-3-2-4-7-14)18(26-28)20(21,22)23/h2-4,6-7,9,11-12,26H,5,8,10H2,1H3. The summed E-state index contributed by atoms with van der Waals surface area (Å²) in [5.41, 5.74) is -0.905. The molecule has 4 aromatic rings. The number of alkyl halides is 3. The van der Waals surface area contributed by atoms with Gasteiger partial charge in [0.1, 0.15) is 11.5 Å². The molecule has 0 aliphatic rings. The lowest BCUT2D eigenvalue weighted by atomic mass is 10.1. The molecule has 1 N–H and O–H groups in total. The summed E-state index contributed by atoms with van der Waals surface area (Å²) in [7, 11) is 0. The first kappa shape index (κ1) is 19.0. The molecular formula is C20H18F3N5O. The highest BCUT2D eigenvalue weighted by Crippen LogP contribution is 2.37. The van der Waals surface area contributed by atoms with Crippen molar-refractivity contribution in [2.75, 3.05) is 0 Å². The van der Waals surface area contributed by atoms with E-state index in [1.165, 1.54) is 6.07 Å². The number of benzene rings is 1. The fourth-order valence-corrected chi connectivity index (χ4v) is 3.37. The monoisotopic (exact) mass is 401 g/mol. The highest BCUT2D eigenvalue weighted by Gasteiger charge is 2.38. The van der Waals surface area contributed by atoms with Crippen LogP contribution < -0.4 is 5.56 Å². The zero-order chi connectivity index (χ0) is 20.6. The molecule has 150 valence electrons. The van der Waals surface area contributed by atoms with E-state index in [9.17, 15) is 18.0 Å². The average molecular weight is 401 g/mol. The molecule has 3 heterocycles. The number of rotatable bonds is 5. The fraction of sp³-hybridized carbons (Fsp3) is 0.250. The SMILES string of the molecule is Cc1nccn1CCCc1cc(=O)n2[nH]c(C(F)(F)F)c(-c3ccccc3)c2n1. The van der Waals surface area contributed by atoms with Crippen molar-refractivity contribution >= 4 is 5.65 Å². The van der Waals surface area contributed by atoms with Gasteiger partial charge in [0.15, 0.2) is 5.65 Å². The Balaban J connectivity index is 1.75. The maximum atomic E-state index is 13.6. The van der Waals surface area contributed by atoms with Gasteiger partial charge in [0.2, 0.25) is 0 Å². The van der Waals surface area contributed by atoms with Crippen molar-refractivity contribution in [2.24, 2.45) is 0 Å². The highest BCUT2D eigenvalue weighted by molar-refractivity contribution is 5.80. The molecule has 0 spiro atoms. The van der Waals surface area contributed by atoms with Crippen LogP contribution in [0.1, 0.15) is 23.6 Å². The van der Waals surface area contributed by atoms with Gasteiger partial charge >= 0.3 is 6.18 Å². The van der Waals surface area contributed by atoms with Gasteiger partial charge in [-0.05, 0) is 25.3 Å². The second kappa shape index (κ2) is 7.23. The summed E-state index contributed by atoms with van der Waals surface area (Å²) in [6.07, 6.45) is 0.0539. The number of hydrogen-bond acceptors (Lipinski definition) is 3. The number of nitrogens with one attached hydrogen (secondary N) is 1. The third kappa shape index (κ3) is 3.67. The Hall–Kier alpha value is -3.36. The first-order valence-corrected chi connectivity index (χ1v) is 9.09. The zero-order valence-electron chi connectivity index (χ0n) is 15.6. The molecule has 0 amide bonds. The highest BCUT2D eigenvalue weighted by atomic mass is 19.4. The number of nitrogens with zero attached hydrogens (tertiary/aromatic N) is 4. The second-order valence-electron chi connectivity index (χ2n) is 6.74. The molecule has 0 radical (unpaired) electrons. The van der Waals surface area contributed by atoms with Crippen molar-refractivity contribution in [2.45, 2.75) is 32.5 Å². The van der Waals surface area contributed by atoms with Crippen LogP contribution in [0, 0.1) is 6.92 Å². The number of hydrogen-bond donors (Lipinski definition) is 1. The number of aromatic nitrogens is 5. The Morgan fingerprint density at radius 2 is 1.93 bits per heavy atom. The molecule has 0 unspecified atom stereocenters. The predicted octanol–water partition coefficient (Wildman–Crippen LogP) is 3.85. The predicted molar refractivity (Wildman–Crippen MR) is 102 cm³/mol. The molecule has 0 atom stereocenters. The molecule has 0 aliphatic heterocycles. The van der Waals surface area contributed by atoms with E-state index < -0.39 is 17.4 Å². The smallest absolute Gasteiger partial charge is 0.335 e. The molecule has 29 heavy (non-hydrogen) atoms. The molecule has 0 bridgehead atoms. The van der Waals surface area contributed by atoms with Crippen LogP contribution in [0.2, 0.25) is 0 Å². The fourth-order valence-electron chi connectivity index (χ4n) is 3.37. The van der Waals surface area contributed by atoms with Crippen molar-refractivity contribution in [1.29, 1.82) is 0 Å². The maximum Gasteiger partial charge on any atom is 0.433 e. The second-order valence-corrected chi connectivity index (χ2v) is 6.74. The van der Waals surface area contributed by atoms with E-state index in [1.807, 2.05) is 17.7 Å². The summed E-state index contributed by atoms with van der Waals surface area (Å²) in [5, 5.41) is 2.19. The Morgan fingerprint density at radius 1 is 1.17 bits per heavy atom. The van der Waals surface area contributed by atoms with Crippen LogP contribution in [0.3, 0.4) is 0 Å². The van der Waals surface area contributed by atoms with E-state index in [4.69, 9.17) is 0 Å². The van der Waals surface area contributed by atoms with Gasteiger partial charge < -0.3 is 4.57 Å². The minimum atomic E-state index is -4.65. The van der Waals surface area contributed by atoms with Crippen LogP contribution in [-0.4, -0.2) is 24.1 Å². The Labute approximate surface area is 163 Å². The topological polar surface area (TPSA) is 68.0 Å². The summed E-state index contributed by atoms with van der Waals surface area (Å²) in [6, 6.07) is 9.43. The molecule has 0 saturated carbocycles. The van der Waals surface area contributed by atoms with Gasteiger partial charge in [0.05, 0.1) is 5.56 Å². The minimum Gasteiger partial charge on any atom is -0.335 e.